The zero-order valence-corrected chi connectivity index (χ0v) is 18.2. The van der Waals surface area contributed by atoms with Crippen LogP contribution in [0.4, 0.5) is 4.79 Å². The van der Waals surface area contributed by atoms with Crippen LogP contribution < -0.4 is 10.6 Å². The molecule has 156 valence electrons. The average molecular weight is 444 g/mol. The van der Waals surface area contributed by atoms with Gasteiger partial charge in [0.25, 0.3) is 0 Å². The number of urea groups is 1. The Morgan fingerprint density at radius 1 is 1.07 bits per heavy atom. The standard InChI is InChI=1S/C21H22ClN5O2S/c1-14(2)23-20(29)24-18(28)13-30-21-26-25-19(16-8-10-17(22)11-9-16)27(21)12-15-6-4-3-5-7-15/h3-11,14H,12-13H2,1-2H3,(H2,23,24,28,29). The van der Waals surface area contributed by atoms with Crippen molar-refractivity contribution in [2.75, 3.05) is 5.75 Å². The molecule has 0 aliphatic heterocycles. The number of nitrogens with one attached hydrogen (secondary N) is 2. The van der Waals surface area contributed by atoms with Gasteiger partial charge in [-0.05, 0) is 43.7 Å². The lowest BCUT2D eigenvalue weighted by Gasteiger charge is -2.11. The molecule has 2 N–H and O–H groups in total. The van der Waals surface area contributed by atoms with Crippen LogP contribution in [0.5, 0.6) is 0 Å². The fourth-order valence-electron chi connectivity index (χ4n) is 2.71. The van der Waals surface area contributed by atoms with Crippen molar-refractivity contribution in [2.24, 2.45) is 0 Å². The Labute approximate surface area is 184 Å². The molecule has 0 fully saturated rings. The number of amides is 3. The van der Waals surface area contributed by atoms with Crippen LogP contribution >= 0.6 is 23.4 Å². The summed E-state index contributed by atoms with van der Waals surface area (Å²) in [5.41, 5.74) is 1.95. The third-order valence-electron chi connectivity index (χ3n) is 4.01. The van der Waals surface area contributed by atoms with E-state index in [1.165, 1.54) is 11.8 Å². The maximum atomic E-state index is 12.1. The van der Waals surface area contributed by atoms with Gasteiger partial charge < -0.3 is 5.32 Å². The van der Waals surface area contributed by atoms with E-state index in [0.717, 1.165) is 11.1 Å². The Kier molecular flexibility index (Phi) is 7.48. The van der Waals surface area contributed by atoms with Gasteiger partial charge in [0, 0.05) is 16.6 Å². The molecule has 0 atom stereocenters. The van der Waals surface area contributed by atoms with E-state index in [1.807, 2.05) is 60.9 Å². The van der Waals surface area contributed by atoms with Crippen molar-refractivity contribution in [3.05, 3.63) is 65.2 Å². The maximum Gasteiger partial charge on any atom is 0.321 e. The summed E-state index contributed by atoms with van der Waals surface area (Å²) in [5.74, 6) is 0.315. The maximum absolute atomic E-state index is 12.1. The summed E-state index contributed by atoms with van der Waals surface area (Å²) < 4.78 is 1.95. The van der Waals surface area contributed by atoms with Crippen LogP contribution in [-0.2, 0) is 11.3 Å². The van der Waals surface area contributed by atoms with Crippen LogP contribution in [0, 0.1) is 0 Å². The Morgan fingerprint density at radius 2 is 1.77 bits per heavy atom. The summed E-state index contributed by atoms with van der Waals surface area (Å²) in [5, 5.41) is 14.8. The first-order valence-electron chi connectivity index (χ1n) is 9.38. The number of aromatic nitrogens is 3. The normalized spacial score (nSPS) is 10.8. The molecule has 1 aromatic heterocycles. The fourth-order valence-corrected chi connectivity index (χ4v) is 3.57. The van der Waals surface area contributed by atoms with Gasteiger partial charge in [0.05, 0.1) is 12.3 Å². The first-order valence-corrected chi connectivity index (χ1v) is 10.7. The Morgan fingerprint density at radius 3 is 2.43 bits per heavy atom. The van der Waals surface area contributed by atoms with Crippen LogP contribution in [0.15, 0.2) is 59.8 Å². The third kappa shape index (κ3) is 6.08. The van der Waals surface area contributed by atoms with Crippen molar-refractivity contribution in [1.82, 2.24) is 25.4 Å². The molecule has 0 saturated carbocycles. The molecule has 30 heavy (non-hydrogen) atoms. The van der Waals surface area contributed by atoms with Gasteiger partial charge in [0.1, 0.15) is 0 Å². The van der Waals surface area contributed by atoms with Gasteiger partial charge in [-0.2, -0.15) is 0 Å². The molecule has 0 bridgehead atoms. The van der Waals surface area contributed by atoms with Gasteiger partial charge >= 0.3 is 6.03 Å². The number of thioether (sulfide) groups is 1. The predicted octanol–water partition coefficient (Wildman–Crippen LogP) is 3.97. The number of carbonyl (C=O) groups excluding carboxylic acids is 2. The molecular weight excluding hydrogens is 422 g/mol. The lowest BCUT2D eigenvalue weighted by molar-refractivity contribution is -0.117. The van der Waals surface area contributed by atoms with Gasteiger partial charge in [-0.3, -0.25) is 14.7 Å². The minimum absolute atomic E-state index is 0.0407. The van der Waals surface area contributed by atoms with Crippen molar-refractivity contribution in [1.29, 1.82) is 0 Å². The van der Waals surface area contributed by atoms with Crippen molar-refractivity contribution in [2.45, 2.75) is 31.6 Å². The van der Waals surface area contributed by atoms with Gasteiger partial charge in [-0.15, -0.1) is 10.2 Å². The molecule has 0 aliphatic rings. The Bertz CT molecular complexity index is 1010. The molecule has 7 nitrogen and oxygen atoms in total. The highest BCUT2D eigenvalue weighted by Gasteiger charge is 2.17. The molecule has 0 radical (unpaired) electrons. The van der Waals surface area contributed by atoms with E-state index in [9.17, 15) is 9.59 Å². The Balaban J connectivity index is 1.79. The van der Waals surface area contributed by atoms with E-state index in [4.69, 9.17) is 11.6 Å². The average Bonchev–Trinajstić information content (AvgIpc) is 3.09. The lowest BCUT2D eigenvalue weighted by Crippen LogP contribution is -2.43. The van der Waals surface area contributed by atoms with Crippen LogP contribution in [-0.4, -0.2) is 38.5 Å². The zero-order chi connectivity index (χ0) is 21.5. The zero-order valence-electron chi connectivity index (χ0n) is 16.6. The summed E-state index contributed by atoms with van der Waals surface area (Å²) in [6.07, 6.45) is 0. The highest BCUT2D eigenvalue weighted by molar-refractivity contribution is 7.99. The molecule has 0 spiro atoms. The molecule has 3 aromatic rings. The van der Waals surface area contributed by atoms with Crippen LogP contribution in [0.3, 0.4) is 0 Å². The summed E-state index contributed by atoms with van der Waals surface area (Å²) in [6, 6.07) is 16.7. The van der Waals surface area contributed by atoms with Crippen LogP contribution in [0.1, 0.15) is 19.4 Å². The Hall–Kier alpha value is -2.84. The van der Waals surface area contributed by atoms with Gasteiger partial charge in [0.15, 0.2) is 11.0 Å². The molecule has 1 heterocycles. The second-order valence-electron chi connectivity index (χ2n) is 6.85. The van der Waals surface area contributed by atoms with Gasteiger partial charge in [-0.25, -0.2) is 4.79 Å². The van der Waals surface area contributed by atoms with Crippen LogP contribution in [0.2, 0.25) is 5.02 Å². The number of rotatable bonds is 7. The SMILES string of the molecule is CC(C)NC(=O)NC(=O)CSc1nnc(-c2ccc(Cl)cc2)n1Cc1ccccc1. The summed E-state index contributed by atoms with van der Waals surface area (Å²) in [7, 11) is 0. The monoisotopic (exact) mass is 443 g/mol. The molecule has 0 aliphatic carbocycles. The van der Waals surface area contributed by atoms with Gasteiger partial charge in [-0.1, -0.05) is 53.7 Å². The molecule has 0 saturated heterocycles. The number of imide groups is 1. The number of hydrogen-bond donors (Lipinski definition) is 2. The number of nitrogens with zero attached hydrogens (tertiary/aromatic N) is 3. The van der Waals surface area contributed by atoms with Crippen molar-refractivity contribution in [3.63, 3.8) is 0 Å². The number of hydrogen-bond acceptors (Lipinski definition) is 5. The van der Waals surface area contributed by atoms with E-state index in [-0.39, 0.29) is 11.8 Å². The van der Waals surface area contributed by atoms with E-state index < -0.39 is 11.9 Å². The highest BCUT2D eigenvalue weighted by Crippen LogP contribution is 2.26. The minimum Gasteiger partial charge on any atom is -0.336 e. The van der Waals surface area contributed by atoms with E-state index >= 15 is 0 Å². The van der Waals surface area contributed by atoms with Crippen molar-refractivity contribution >= 4 is 35.3 Å². The van der Waals surface area contributed by atoms with E-state index in [2.05, 4.69) is 20.8 Å². The van der Waals surface area contributed by atoms with Crippen LogP contribution in [0.25, 0.3) is 11.4 Å². The lowest BCUT2D eigenvalue weighted by atomic mass is 10.2. The topological polar surface area (TPSA) is 88.9 Å². The number of benzene rings is 2. The first-order chi connectivity index (χ1) is 14.4. The molecule has 9 heteroatoms. The molecular formula is C21H22ClN5O2S. The molecule has 0 unspecified atom stereocenters. The van der Waals surface area contributed by atoms with Crippen molar-refractivity contribution < 1.29 is 9.59 Å². The largest absolute Gasteiger partial charge is 0.336 e. The van der Waals surface area contributed by atoms with Gasteiger partial charge in [0.2, 0.25) is 5.91 Å². The number of carbonyl (C=O) groups is 2. The number of halogens is 1. The predicted molar refractivity (Wildman–Crippen MR) is 119 cm³/mol. The molecule has 3 amide bonds. The summed E-state index contributed by atoms with van der Waals surface area (Å²) in [6.45, 7) is 4.19. The first kappa shape index (κ1) is 21.9. The quantitative estimate of drug-likeness (QED) is 0.539. The minimum atomic E-state index is -0.511. The molecule has 3 rings (SSSR count). The smallest absolute Gasteiger partial charge is 0.321 e. The van der Waals surface area contributed by atoms with Crippen molar-refractivity contribution in [3.8, 4) is 11.4 Å². The third-order valence-corrected chi connectivity index (χ3v) is 5.23. The highest BCUT2D eigenvalue weighted by atomic mass is 35.5. The van der Waals surface area contributed by atoms with E-state index in [0.29, 0.717) is 22.5 Å². The summed E-state index contributed by atoms with van der Waals surface area (Å²) >= 11 is 7.23. The second kappa shape index (κ2) is 10.3. The fraction of sp³-hybridized carbons (Fsp3) is 0.238. The summed E-state index contributed by atoms with van der Waals surface area (Å²) in [4.78, 5) is 23.8. The van der Waals surface area contributed by atoms with E-state index in [1.54, 1.807) is 12.1 Å². The second-order valence-corrected chi connectivity index (χ2v) is 8.23. The molecule has 2 aromatic carbocycles.